The number of aliphatic imine (C=N–C) groups is 2. The maximum atomic E-state index is 10.1. The van der Waals surface area contributed by atoms with Crippen LogP contribution in [-0.2, 0) is 0 Å². The molecule has 0 spiro atoms. The molecule has 0 atom stereocenters. The molecule has 0 aromatic heterocycles. The second kappa shape index (κ2) is 7.87. The van der Waals surface area contributed by atoms with E-state index in [1.54, 1.807) is 31.4 Å². The van der Waals surface area contributed by atoms with Crippen molar-refractivity contribution in [3.8, 4) is 5.75 Å². The lowest BCUT2D eigenvalue weighted by atomic mass is 10.1. The van der Waals surface area contributed by atoms with Crippen LogP contribution in [0, 0.1) is 0 Å². The number of methoxy groups -OCH3 is 1. The van der Waals surface area contributed by atoms with E-state index in [2.05, 4.69) is 9.98 Å². The quantitative estimate of drug-likeness (QED) is 0.644. The number of amidine groups is 1. The lowest BCUT2D eigenvalue weighted by molar-refractivity contribution is 0.415. The summed E-state index contributed by atoms with van der Waals surface area (Å²) in [6.07, 6.45) is 4.17. The first-order valence-electron chi connectivity index (χ1n) is 7.31. The van der Waals surface area contributed by atoms with E-state index in [9.17, 15) is 5.11 Å². The number of nitrogens with two attached hydrogens (primary N) is 1. The fraction of sp³-hybridized carbons (Fsp3) is 0.294. The van der Waals surface area contributed by atoms with Gasteiger partial charge in [-0.05, 0) is 43.5 Å². The highest BCUT2D eigenvalue weighted by Crippen LogP contribution is 2.32. The van der Waals surface area contributed by atoms with Gasteiger partial charge in [-0.25, -0.2) is 0 Å². The van der Waals surface area contributed by atoms with Crippen LogP contribution in [0.1, 0.15) is 25.8 Å². The molecule has 122 valence electrons. The molecule has 1 aromatic carbocycles. The molecule has 0 aliphatic carbocycles. The van der Waals surface area contributed by atoms with Crippen LogP contribution in [0.3, 0.4) is 0 Å². The zero-order chi connectivity index (χ0) is 16.8. The van der Waals surface area contributed by atoms with Crippen LogP contribution in [0.2, 0.25) is 0 Å². The van der Waals surface area contributed by atoms with E-state index in [-0.39, 0.29) is 11.8 Å². The molecule has 6 heteroatoms. The summed E-state index contributed by atoms with van der Waals surface area (Å²) >= 11 is 1.35. The van der Waals surface area contributed by atoms with E-state index in [1.807, 2.05) is 25.3 Å². The van der Waals surface area contributed by atoms with Gasteiger partial charge in [-0.15, -0.1) is 0 Å². The van der Waals surface area contributed by atoms with Crippen LogP contribution in [-0.4, -0.2) is 29.1 Å². The van der Waals surface area contributed by atoms with Crippen molar-refractivity contribution in [2.45, 2.75) is 26.3 Å². The normalized spacial score (nSPS) is 15.2. The molecular formula is C17H21N3O2S. The second-order valence-electron chi connectivity index (χ2n) is 5.26. The lowest BCUT2D eigenvalue weighted by Gasteiger charge is -2.06. The molecule has 2 rings (SSSR count). The molecule has 0 amide bonds. The van der Waals surface area contributed by atoms with Crippen molar-refractivity contribution >= 4 is 34.1 Å². The number of hydrogen-bond donors (Lipinski definition) is 2. The van der Waals surface area contributed by atoms with Gasteiger partial charge in [-0.3, -0.25) is 9.98 Å². The van der Waals surface area contributed by atoms with E-state index in [0.29, 0.717) is 28.6 Å². The predicted molar refractivity (Wildman–Crippen MR) is 98.8 cm³/mol. The predicted octanol–water partition coefficient (Wildman–Crippen LogP) is 4.04. The van der Waals surface area contributed by atoms with Crippen LogP contribution in [0.5, 0.6) is 5.75 Å². The lowest BCUT2D eigenvalue weighted by Crippen LogP contribution is -2.08. The summed E-state index contributed by atoms with van der Waals surface area (Å²) in [7, 11) is 1.60. The van der Waals surface area contributed by atoms with Crippen molar-refractivity contribution in [1.82, 2.24) is 0 Å². The third kappa shape index (κ3) is 4.89. The van der Waals surface area contributed by atoms with E-state index >= 15 is 0 Å². The Labute approximate surface area is 140 Å². The minimum absolute atomic E-state index is 0.172. The maximum Gasteiger partial charge on any atom is 0.158 e. The minimum Gasteiger partial charge on any atom is -0.508 e. The molecule has 0 bridgehead atoms. The Hall–Kier alpha value is -2.21. The average Bonchev–Trinajstić information content (AvgIpc) is 2.65. The Morgan fingerprint density at radius 1 is 1.48 bits per heavy atom. The zero-order valence-corrected chi connectivity index (χ0v) is 14.3. The zero-order valence-electron chi connectivity index (χ0n) is 13.5. The first-order chi connectivity index (χ1) is 11.0. The summed E-state index contributed by atoms with van der Waals surface area (Å²) in [4.78, 5) is 8.85. The minimum atomic E-state index is 0.172. The fourth-order valence-electron chi connectivity index (χ4n) is 2.03. The van der Waals surface area contributed by atoms with Gasteiger partial charge in [0.25, 0.3) is 0 Å². The summed E-state index contributed by atoms with van der Waals surface area (Å²) in [5, 5.41) is 12.5. The van der Waals surface area contributed by atoms with Gasteiger partial charge in [-0.1, -0.05) is 11.8 Å². The summed E-state index contributed by atoms with van der Waals surface area (Å²) < 4.78 is 5.22. The fourth-order valence-corrected chi connectivity index (χ4v) is 2.67. The third-order valence-electron chi connectivity index (χ3n) is 3.08. The molecule has 1 aliphatic rings. The highest BCUT2D eigenvalue weighted by atomic mass is 32.2. The van der Waals surface area contributed by atoms with Gasteiger partial charge in [0, 0.05) is 29.8 Å². The third-order valence-corrected chi connectivity index (χ3v) is 3.70. The molecule has 0 unspecified atom stereocenters. The number of ether oxygens (including phenoxy) is 1. The van der Waals surface area contributed by atoms with Crippen LogP contribution in [0.15, 0.2) is 45.7 Å². The first kappa shape index (κ1) is 17.1. The number of aliphatic hydroxyl groups is 1. The van der Waals surface area contributed by atoms with E-state index in [0.717, 1.165) is 5.71 Å². The molecule has 0 radical (unpaired) electrons. The Balaban J connectivity index is 2.21. The van der Waals surface area contributed by atoms with Gasteiger partial charge in [0.2, 0.25) is 0 Å². The van der Waals surface area contributed by atoms with Crippen molar-refractivity contribution in [1.29, 1.82) is 0 Å². The van der Waals surface area contributed by atoms with Gasteiger partial charge >= 0.3 is 0 Å². The number of allylic oxidation sites excluding steroid dienone is 2. The summed E-state index contributed by atoms with van der Waals surface area (Å²) in [5.74, 6) is 0.927. The van der Waals surface area contributed by atoms with Gasteiger partial charge < -0.3 is 15.6 Å². The Bertz CT molecular complexity index is 691. The van der Waals surface area contributed by atoms with E-state index in [1.165, 1.54) is 11.8 Å². The van der Waals surface area contributed by atoms with Crippen LogP contribution >= 0.6 is 11.8 Å². The number of nitrogens with zero attached hydrogens (tertiary/aromatic N) is 2. The highest BCUT2D eigenvalue weighted by molar-refractivity contribution is 8.16. The van der Waals surface area contributed by atoms with E-state index in [4.69, 9.17) is 10.5 Å². The molecule has 0 fully saturated rings. The van der Waals surface area contributed by atoms with Gasteiger partial charge in [-0.2, -0.15) is 0 Å². The van der Waals surface area contributed by atoms with Crippen molar-refractivity contribution in [2.24, 2.45) is 15.7 Å². The van der Waals surface area contributed by atoms with Gasteiger partial charge in [0.15, 0.2) is 5.17 Å². The highest BCUT2D eigenvalue weighted by Gasteiger charge is 2.12. The van der Waals surface area contributed by atoms with E-state index < -0.39 is 0 Å². The molecule has 1 aliphatic heterocycles. The number of fused-ring (bicyclic) bond motifs is 1. The van der Waals surface area contributed by atoms with Crippen LogP contribution in [0.4, 0.5) is 5.69 Å². The topological polar surface area (TPSA) is 80.2 Å². The summed E-state index contributed by atoms with van der Waals surface area (Å²) in [5.41, 5.74) is 8.02. The SMILES string of the molecule is COc1ccc2c(c1)N=C(/C=C/SC(N)=NC(C)C)CC=C2O. The number of benzene rings is 1. The van der Waals surface area contributed by atoms with Crippen molar-refractivity contribution < 1.29 is 9.84 Å². The molecule has 0 saturated heterocycles. The van der Waals surface area contributed by atoms with Crippen molar-refractivity contribution in [2.75, 3.05) is 7.11 Å². The number of rotatable bonds is 4. The molecule has 5 nitrogen and oxygen atoms in total. The van der Waals surface area contributed by atoms with Crippen LogP contribution in [0.25, 0.3) is 5.76 Å². The largest absolute Gasteiger partial charge is 0.508 e. The maximum absolute atomic E-state index is 10.1. The number of aliphatic hydroxyl groups excluding tert-OH is 1. The Morgan fingerprint density at radius 2 is 2.26 bits per heavy atom. The molecule has 23 heavy (non-hydrogen) atoms. The smallest absolute Gasteiger partial charge is 0.158 e. The van der Waals surface area contributed by atoms with Gasteiger partial charge in [0.05, 0.1) is 12.8 Å². The van der Waals surface area contributed by atoms with Crippen molar-refractivity contribution in [3.63, 3.8) is 0 Å². The second-order valence-corrected chi connectivity index (χ2v) is 6.19. The van der Waals surface area contributed by atoms with Gasteiger partial charge in [0.1, 0.15) is 11.5 Å². The Morgan fingerprint density at radius 3 is 2.96 bits per heavy atom. The molecule has 1 aromatic rings. The summed E-state index contributed by atoms with van der Waals surface area (Å²) in [6.45, 7) is 3.95. The average molecular weight is 331 g/mol. The Kier molecular flexibility index (Phi) is 5.87. The molecule has 3 N–H and O–H groups in total. The van der Waals surface area contributed by atoms with Crippen LogP contribution < -0.4 is 10.5 Å². The number of hydrogen-bond acceptors (Lipinski definition) is 5. The van der Waals surface area contributed by atoms with Crippen molar-refractivity contribution in [3.05, 3.63) is 41.3 Å². The molecule has 0 saturated carbocycles. The summed E-state index contributed by atoms with van der Waals surface area (Å²) in [6, 6.07) is 5.58. The first-order valence-corrected chi connectivity index (χ1v) is 8.19. The molecular weight excluding hydrogens is 310 g/mol. The molecule has 1 heterocycles. The standard InChI is InChI=1S/C17H21N3O2S/c1-11(2)19-17(18)23-9-8-12-4-7-16(21)14-6-5-13(22-3)10-15(14)20-12/h5-11,21H,4H2,1-3H3,(H2,18,19)/b9-8+. The monoisotopic (exact) mass is 331 g/mol. The number of thioether (sulfide) groups is 1.